The lowest BCUT2D eigenvalue weighted by atomic mass is 10.1. The highest BCUT2D eigenvalue weighted by Crippen LogP contribution is 2.32. The van der Waals surface area contributed by atoms with Crippen LogP contribution in [0.5, 0.6) is 0 Å². The number of hydroxylamine groups is 2. The first-order valence-corrected chi connectivity index (χ1v) is 4.53. The Hall–Kier alpha value is -0.660. The van der Waals surface area contributed by atoms with Crippen molar-refractivity contribution in [1.29, 1.82) is 0 Å². The van der Waals surface area contributed by atoms with Gasteiger partial charge in [-0.25, -0.2) is 0 Å². The summed E-state index contributed by atoms with van der Waals surface area (Å²) in [6.07, 6.45) is -0.986. The number of aliphatic hydroxyl groups is 1. The van der Waals surface area contributed by atoms with Crippen LogP contribution in [0.4, 0.5) is 0 Å². The number of carbonyl (C=O) groups excluding carboxylic acids is 1. The van der Waals surface area contributed by atoms with E-state index in [2.05, 4.69) is 0 Å². The van der Waals surface area contributed by atoms with Crippen molar-refractivity contribution in [3.63, 3.8) is 0 Å². The molecule has 4 nitrogen and oxygen atoms in total. The van der Waals surface area contributed by atoms with Gasteiger partial charge in [0.15, 0.2) is 6.23 Å². The van der Waals surface area contributed by atoms with Gasteiger partial charge >= 0.3 is 0 Å². The summed E-state index contributed by atoms with van der Waals surface area (Å²) < 4.78 is 4.72. The van der Waals surface area contributed by atoms with E-state index in [1.807, 2.05) is 0 Å². The van der Waals surface area contributed by atoms with E-state index in [1.54, 1.807) is 47.3 Å². The summed E-state index contributed by atoms with van der Waals surface area (Å²) in [6, 6.07) is 6.89. The number of amides is 1. The lowest BCUT2D eigenvalue weighted by Gasteiger charge is -2.14. The highest BCUT2D eigenvalue weighted by molar-refractivity contribution is 14.1. The Bertz CT molecular complexity index is 355. The molecule has 0 spiro atoms. The van der Waals surface area contributed by atoms with Gasteiger partial charge < -0.3 is 5.11 Å². The van der Waals surface area contributed by atoms with Crippen LogP contribution in [0.1, 0.15) is 22.1 Å². The van der Waals surface area contributed by atoms with Crippen LogP contribution in [-0.4, -0.2) is 16.1 Å². The highest BCUT2D eigenvalue weighted by Gasteiger charge is 2.36. The topological polar surface area (TPSA) is 49.8 Å². The van der Waals surface area contributed by atoms with E-state index in [0.29, 0.717) is 11.1 Å². The number of aliphatic hydroxyl groups excluding tert-OH is 1. The molecule has 0 fully saturated rings. The largest absolute Gasteiger partial charge is 0.367 e. The molecule has 1 aromatic rings. The summed E-state index contributed by atoms with van der Waals surface area (Å²) in [5.74, 6) is -0.308. The summed E-state index contributed by atoms with van der Waals surface area (Å²) in [6.45, 7) is 0. The highest BCUT2D eigenvalue weighted by atomic mass is 127. The Morgan fingerprint density at radius 1 is 1.46 bits per heavy atom. The van der Waals surface area contributed by atoms with Crippen molar-refractivity contribution in [3.8, 4) is 0 Å². The maximum atomic E-state index is 11.5. The lowest BCUT2D eigenvalue weighted by molar-refractivity contribution is -0.102. The van der Waals surface area contributed by atoms with Crippen LogP contribution < -0.4 is 0 Å². The number of nitrogens with zero attached hydrogens (tertiary/aromatic N) is 1. The average molecular weight is 291 g/mol. The van der Waals surface area contributed by atoms with Gasteiger partial charge in [0.25, 0.3) is 5.91 Å². The fourth-order valence-corrected chi connectivity index (χ4v) is 1.74. The molecule has 68 valence electrons. The zero-order valence-corrected chi connectivity index (χ0v) is 8.63. The summed E-state index contributed by atoms with van der Waals surface area (Å²) in [5, 5.41) is 10.5. The minimum Gasteiger partial charge on any atom is -0.367 e. The molecule has 1 atom stereocenters. The second-order valence-electron chi connectivity index (χ2n) is 2.66. The molecule has 1 N–H and O–H groups in total. The number of halogens is 1. The van der Waals surface area contributed by atoms with Gasteiger partial charge in [-0.2, -0.15) is 8.23 Å². The Labute approximate surface area is 88.8 Å². The van der Waals surface area contributed by atoms with Crippen LogP contribution in [0.2, 0.25) is 0 Å². The molecule has 5 heteroatoms. The van der Waals surface area contributed by atoms with Gasteiger partial charge in [-0.3, -0.25) is 4.79 Å². The van der Waals surface area contributed by atoms with E-state index in [1.165, 1.54) is 0 Å². The van der Waals surface area contributed by atoms with E-state index in [-0.39, 0.29) is 5.91 Å². The number of hydrogen-bond acceptors (Lipinski definition) is 3. The fraction of sp³-hybridized carbons (Fsp3) is 0.125. The normalized spacial score (nSPS) is 20.6. The molecule has 0 aliphatic carbocycles. The number of hydrogen-bond donors (Lipinski definition) is 1. The Morgan fingerprint density at radius 2 is 2.15 bits per heavy atom. The molecule has 1 unspecified atom stereocenters. The monoisotopic (exact) mass is 291 g/mol. The molecule has 1 aliphatic rings. The first-order chi connectivity index (χ1) is 6.25. The van der Waals surface area contributed by atoms with Crippen LogP contribution in [-0.2, 0) is 3.17 Å². The van der Waals surface area contributed by atoms with E-state index in [9.17, 15) is 9.90 Å². The Morgan fingerprint density at radius 3 is 2.77 bits per heavy atom. The molecule has 0 radical (unpaired) electrons. The van der Waals surface area contributed by atoms with Crippen molar-refractivity contribution >= 4 is 28.9 Å². The molecule has 2 rings (SSSR count). The summed E-state index contributed by atoms with van der Waals surface area (Å²) in [7, 11) is 0. The Balaban J connectivity index is 2.50. The fourth-order valence-electron chi connectivity index (χ4n) is 1.34. The third kappa shape index (κ3) is 1.23. The van der Waals surface area contributed by atoms with E-state index < -0.39 is 6.23 Å². The van der Waals surface area contributed by atoms with Crippen LogP contribution in [0.3, 0.4) is 0 Å². The van der Waals surface area contributed by atoms with Gasteiger partial charge in [0.05, 0.1) is 0 Å². The number of benzene rings is 1. The molecular weight excluding hydrogens is 285 g/mol. The Kier molecular flexibility index (Phi) is 2.22. The van der Waals surface area contributed by atoms with Crippen LogP contribution in [0.15, 0.2) is 24.3 Å². The molecule has 13 heavy (non-hydrogen) atoms. The van der Waals surface area contributed by atoms with Gasteiger partial charge in [-0.1, -0.05) is 18.2 Å². The van der Waals surface area contributed by atoms with E-state index in [0.717, 1.165) is 5.06 Å². The van der Waals surface area contributed by atoms with Crippen molar-refractivity contribution in [3.05, 3.63) is 35.4 Å². The first kappa shape index (κ1) is 8.92. The zero-order valence-electron chi connectivity index (χ0n) is 6.48. The zero-order chi connectivity index (χ0) is 9.42. The lowest BCUT2D eigenvalue weighted by Crippen LogP contribution is -2.24. The summed E-state index contributed by atoms with van der Waals surface area (Å²) in [4.78, 5) is 11.5. The third-order valence-corrected chi connectivity index (χ3v) is 2.39. The molecule has 0 saturated heterocycles. The molecule has 0 aromatic heterocycles. The third-order valence-electron chi connectivity index (χ3n) is 1.97. The van der Waals surface area contributed by atoms with E-state index in [4.69, 9.17) is 3.17 Å². The molecule has 0 saturated carbocycles. The predicted molar refractivity (Wildman–Crippen MR) is 52.7 cm³/mol. The van der Waals surface area contributed by atoms with Crippen molar-refractivity contribution in [2.45, 2.75) is 6.23 Å². The standard InChI is InChI=1S/C8H6INO3/c9-13-10-7(11)5-3-1-2-4-6(5)8(10)12/h1-4,7,11H. The van der Waals surface area contributed by atoms with Gasteiger partial charge in [0.2, 0.25) is 0 Å². The van der Waals surface area contributed by atoms with Crippen LogP contribution >= 0.6 is 23.0 Å². The minimum atomic E-state index is -0.986. The second-order valence-corrected chi connectivity index (χ2v) is 3.05. The van der Waals surface area contributed by atoms with Gasteiger partial charge in [0.1, 0.15) is 23.0 Å². The van der Waals surface area contributed by atoms with Crippen molar-refractivity contribution in [2.75, 3.05) is 0 Å². The molecular formula is C8H6INO3. The summed E-state index contributed by atoms with van der Waals surface area (Å²) in [5.41, 5.74) is 1.08. The van der Waals surface area contributed by atoms with Crippen LogP contribution in [0, 0.1) is 0 Å². The SMILES string of the molecule is O=C1c2ccccc2C(O)N1OI. The predicted octanol–water partition coefficient (Wildman–Crippen LogP) is 1.41. The summed E-state index contributed by atoms with van der Waals surface area (Å²) >= 11 is 1.56. The number of fused-ring (bicyclic) bond motifs is 1. The molecule has 0 bridgehead atoms. The maximum Gasteiger partial charge on any atom is 0.281 e. The van der Waals surface area contributed by atoms with Gasteiger partial charge in [-0.05, 0) is 6.07 Å². The smallest absolute Gasteiger partial charge is 0.281 e. The number of rotatable bonds is 1. The second kappa shape index (κ2) is 3.24. The first-order valence-electron chi connectivity index (χ1n) is 3.65. The molecule has 1 aliphatic heterocycles. The van der Waals surface area contributed by atoms with Gasteiger partial charge in [0, 0.05) is 11.1 Å². The molecule has 1 aromatic carbocycles. The van der Waals surface area contributed by atoms with Crippen molar-refractivity contribution < 1.29 is 13.1 Å². The quantitative estimate of drug-likeness (QED) is 0.796. The van der Waals surface area contributed by atoms with Crippen LogP contribution in [0.25, 0.3) is 0 Å². The maximum absolute atomic E-state index is 11.5. The number of carbonyl (C=O) groups is 1. The van der Waals surface area contributed by atoms with Crippen molar-refractivity contribution in [2.24, 2.45) is 0 Å². The van der Waals surface area contributed by atoms with Gasteiger partial charge in [-0.15, -0.1) is 0 Å². The van der Waals surface area contributed by atoms with E-state index >= 15 is 0 Å². The molecule has 1 amide bonds. The van der Waals surface area contributed by atoms with Crippen molar-refractivity contribution in [1.82, 2.24) is 5.06 Å². The minimum absolute atomic E-state index is 0.308. The molecule has 1 heterocycles. The average Bonchev–Trinajstić information content (AvgIpc) is 2.41.